The third kappa shape index (κ3) is 14.0. The number of thiocarbonyl (C=S) groups is 1. The average Bonchev–Trinajstić information content (AvgIpc) is 1.99. The summed E-state index contributed by atoms with van der Waals surface area (Å²) < 4.78 is 21.6. The van der Waals surface area contributed by atoms with E-state index in [1.165, 1.54) is 6.42 Å². The van der Waals surface area contributed by atoms with Crippen LogP contribution in [0.4, 0.5) is 0 Å². The SMILES string of the molecule is CCCBr.CCCSC1=N[C@]2(C[C@@H](c3ccccc3)Oc3ccc(Br)cc32)C(=O)N1CCC.CCCSC1=N[C@]2(C[C@H](c3ccccc3)Oc3ccc(Br)cc32)C(=O)N1CCC.O=C1NC(=S)NC12CC(c1ccccc1)Oc1ccc(Br)cc12. The number of aliphatic imine (C=N–C) groups is 2. The van der Waals surface area contributed by atoms with E-state index >= 15 is 0 Å². The number of ether oxygens (including phenoxy) is 3. The number of halogens is 4. The second kappa shape index (κ2) is 29.3. The maximum absolute atomic E-state index is 13.8. The minimum atomic E-state index is -0.927. The molecule has 0 saturated carbocycles. The molecule has 3 spiro atoms. The maximum Gasteiger partial charge on any atom is 0.261 e. The molecule has 6 aromatic rings. The van der Waals surface area contributed by atoms with Gasteiger partial charge < -0.3 is 24.8 Å². The normalized spacial score (nSPS) is 23.0. The number of amides is 3. The maximum atomic E-state index is 13.8. The molecular weight excluding hydrogens is 1390 g/mol. The standard InChI is InChI=1S/2C23H25BrN2O2S.C17H13BrN2O2S.C3H7Br/c2*1-3-12-26-21(27)23(25-22(26)29-13-4-2)15-20(16-8-6-5-7-9-16)28-19-11-10-17(24)14-18(19)23;18-11-6-7-13-12(8-11)17(15(21)19-16(23)20-17)9-14(22-13)10-4-2-1-3-5-10;1-2-3-4/h2*5-11,14,20H,3-4,12-13,15H2,1-2H3;1-8,14H,9H2,(H2,19,20,21,23);2-3H2,1H3/t20-,23+;20-,23-;;/m10../s1. The van der Waals surface area contributed by atoms with Crippen molar-refractivity contribution in [3.05, 3.63) is 192 Å². The molecule has 6 aliphatic heterocycles. The molecule has 2 N–H and O–H groups in total. The average molecular weight is 1460 g/mol. The minimum absolute atomic E-state index is 0.0709. The van der Waals surface area contributed by atoms with Gasteiger partial charge in [0.1, 0.15) is 35.6 Å². The molecule has 0 aromatic heterocycles. The van der Waals surface area contributed by atoms with E-state index in [1.807, 2.05) is 131 Å². The minimum Gasteiger partial charge on any atom is -0.485 e. The van der Waals surface area contributed by atoms with Crippen LogP contribution in [0.2, 0.25) is 0 Å². The van der Waals surface area contributed by atoms with Crippen LogP contribution in [0.25, 0.3) is 0 Å². The highest BCUT2D eigenvalue weighted by Crippen LogP contribution is 2.54. The van der Waals surface area contributed by atoms with Crippen LogP contribution >= 0.6 is 99.5 Å². The number of thioether (sulfide) groups is 2. The molecule has 3 amide bonds. The fourth-order valence-corrected chi connectivity index (χ4v) is 14.4. The van der Waals surface area contributed by atoms with Gasteiger partial charge in [-0.15, -0.1) is 0 Å². The van der Waals surface area contributed by atoms with E-state index < -0.39 is 16.6 Å². The summed E-state index contributed by atoms with van der Waals surface area (Å²) in [6.07, 6.45) is 5.98. The van der Waals surface area contributed by atoms with Crippen LogP contribution in [0.3, 0.4) is 0 Å². The van der Waals surface area contributed by atoms with Gasteiger partial charge in [0.2, 0.25) is 0 Å². The molecule has 2 unspecified atom stereocenters. The number of nitrogens with one attached hydrogen (secondary N) is 2. The molecule has 6 atom stereocenters. The van der Waals surface area contributed by atoms with Crippen molar-refractivity contribution in [3.8, 4) is 17.2 Å². The van der Waals surface area contributed by atoms with Crippen LogP contribution < -0.4 is 24.8 Å². The van der Waals surface area contributed by atoms with Gasteiger partial charge in [0, 0.05) is 79.3 Å². The Hall–Kier alpha value is -5.02. The Balaban J connectivity index is 0.000000149. The van der Waals surface area contributed by atoms with Crippen LogP contribution in [-0.2, 0) is 31.0 Å². The number of rotatable bonds is 12. The van der Waals surface area contributed by atoms with Crippen molar-refractivity contribution in [3.63, 3.8) is 0 Å². The number of benzene rings is 6. The molecule has 6 aromatic carbocycles. The molecule has 0 radical (unpaired) electrons. The smallest absolute Gasteiger partial charge is 0.261 e. The molecule has 1 fully saturated rings. The molecular formula is C66H70Br4N6O6S3. The van der Waals surface area contributed by atoms with Crippen molar-refractivity contribution in [2.24, 2.45) is 9.98 Å². The highest BCUT2D eigenvalue weighted by molar-refractivity contribution is 9.11. The summed E-state index contributed by atoms with van der Waals surface area (Å²) in [6.45, 7) is 12.0. The first-order chi connectivity index (χ1) is 41.2. The molecule has 6 heterocycles. The van der Waals surface area contributed by atoms with E-state index in [9.17, 15) is 14.4 Å². The number of nitrogens with zero attached hydrogens (tertiary/aromatic N) is 4. The van der Waals surface area contributed by atoms with E-state index in [1.54, 1.807) is 23.5 Å². The summed E-state index contributed by atoms with van der Waals surface area (Å²) >= 11 is 22.4. The lowest BCUT2D eigenvalue weighted by atomic mass is 9.80. The van der Waals surface area contributed by atoms with E-state index in [2.05, 4.69) is 133 Å². The summed E-state index contributed by atoms with van der Waals surface area (Å²) in [5.41, 5.74) is 2.94. The van der Waals surface area contributed by atoms with E-state index in [0.29, 0.717) is 43.2 Å². The Bertz CT molecular complexity index is 3270. The molecule has 1 saturated heterocycles. The largest absolute Gasteiger partial charge is 0.485 e. The summed E-state index contributed by atoms with van der Waals surface area (Å²) in [5.74, 6) is 4.08. The van der Waals surface area contributed by atoms with E-state index in [4.69, 9.17) is 36.4 Å². The zero-order valence-corrected chi connectivity index (χ0v) is 57.0. The van der Waals surface area contributed by atoms with Crippen LogP contribution in [0, 0.1) is 0 Å². The molecule has 446 valence electrons. The molecule has 19 heteroatoms. The third-order valence-corrected chi connectivity index (χ3v) is 19.9. The quantitative estimate of drug-likeness (QED) is 0.0901. The van der Waals surface area contributed by atoms with E-state index in [-0.39, 0.29) is 36.0 Å². The summed E-state index contributed by atoms with van der Waals surface area (Å²) in [4.78, 5) is 54.3. The molecule has 85 heavy (non-hydrogen) atoms. The van der Waals surface area contributed by atoms with Crippen molar-refractivity contribution in [2.45, 2.75) is 121 Å². The topological polar surface area (TPSA) is 134 Å². The van der Waals surface area contributed by atoms with Gasteiger partial charge in [-0.05, 0) is 116 Å². The van der Waals surface area contributed by atoms with Crippen LogP contribution in [0.5, 0.6) is 17.2 Å². The second-order valence-electron chi connectivity index (χ2n) is 21.2. The molecule has 0 aliphatic carbocycles. The summed E-state index contributed by atoms with van der Waals surface area (Å²) in [5, 5.41) is 9.07. The van der Waals surface area contributed by atoms with Gasteiger partial charge >= 0.3 is 0 Å². The van der Waals surface area contributed by atoms with Crippen LogP contribution in [0.15, 0.2) is 169 Å². The van der Waals surface area contributed by atoms with Gasteiger partial charge in [-0.1, -0.05) is 213 Å². The fourth-order valence-electron chi connectivity index (χ4n) is 11.1. The Labute approximate surface area is 547 Å². The number of hydrogen-bond acceptors (Lipinski definition) is 11. The summed E-state index contributed by atoms with van der Waals surface area (Å²) in [7, 11) is 0. The molecule has 0 bridgehead atoms. The van der Waals surface area contributed by atoms with Gasteiger partial charge in [-0.2, -0.15) is 0 Å². The van der Waals surface area contributed by atoms with Gasteiger partial charge in [-0.3, -0.25) is 24.2 Å². The number of carbonyl (C=O) groups excluding carboxylic acids is 3. The van der Waals surface area contributed by atoms with Crippen molar-refractivity contribution in [1.29, 1.82) is 0 Å². The van der Waals surface area contributed by atoms with Crippen molar-refractivity contribution >= 4 is 133 Å². The Morgan fingerprint density at radius 1 is 0.529 bits per heavy atom. The fraction of sp³-hybridized carbons (Fsp3) is 0.364. The highest BCUT2D eigenvalue weighted by Gasteiger charge is 2.57. The van der Waals surface area contributed by atoms with Crippen molar-refractivity contribution in [2.75, 3.05) is 29.9 Å². The van der Waals surface area contributed by atoms with Gasteiger partial charge in [-0.25, -0.2) is 9.98 Å². The molecule has 12 nitrogen and oxygen atoms in total. The predicted octanol–water partition coefficient (Wildman–Crippen LogP) is 16.8. The molecule has 6 aliphatic rings. The predicted molar refractivity (Wildman–Crippen MR) is 363 cm³/mol. The Morgan fingerprint density at radius 2 is 0.894 bits per heavy atom. The number of alkyl halides is 1. The number of carbonyl (C=O) groups is 3. The lowest BCUT2D eigenvalue weighted by molar-refractivity contribution is -0.134. The van der Waals surface area contributed by atoms with Gasteiger partial charge in [0.15, 0.2) is 32.1 Å². The molecule has 12 rings (SSSR count). The highest BCUT2D eigenvalue weighted by atomic mass is 79.9. The van der Waals surface area contributed by atoms with Crippen molar-refractivity contribution < 1.29 is 28.6 Å². The Kier molecular flexibility index (Phi) is 22.2. The zero-order valence-electron chi connectivity index (χ0n) is 48.3. The second-order valence-corrected chi connectivity index (χ2v) is 27.3. The Morgan fingerprint density at radius 3 is 1.24 bits per heavy atom. The number of hydrogen-bond donors (Lipinski definition) is 2. The lowest BCUT2D eigenvalue weighted by Crippen LogP contribution is -2.48. The van der Waals surface area contributed by atoms with E-state index in [0.717, 1.165) is 111 Å². The van der Waals surface area contributed by atoms with Crippen LogP contribution in [0.1, 0.15) is 138 Å². The monoisotopic (exact) mass is 1450 g/mol. The first-order valence-corrected chi connectivity index (χ1v) is 34.9. The number of fused-ring (bicyclic) bond motifs is 6. The first kappa shape index (κ1) is 64.5. The number of amidine groups is 2. The zero-order chi connectivity index (χ0) is 60.3. The lowest BCUT2D eigenvalue weighted by Gasteiger charge is -2.38. The van der Waals surface area contributed by atoms with Gasteiger partial charge in [0.25, 0.3) is 17.7 Å². The first-order valence-electron chi connectivity index (χ1n) is 29.0. The van der Waals surface area contributed by atoms with Gasteiger partial charge in [0.05, 0.1) is 0 Å². The van der Waals surface area contributed by atoms with Crippen molar-refractivity contribution in [1.82, 2.24) is 20.4 Å². The van der Waals surface area contributed by atoms with Crippen LogP contribution in [-0.4, -0.2) is 72.9 Å². The third-order valence-electron chi connectivity index (χ3n) is 15.1. The summed E-state index contributed by atoms with van der Waals surface area (Å²) in [6, 6.07) is 47.7.